The van der Waals surface area contributed by atoms with Gasteiger partial charge in [-0.1, -0.05) is 30.3 Å². The molecule has 0 saturated carbocycles. The first-order valence-electron chi connectivity index (χ1n) is 7.15. The number of hydrogen-bond donors (Lipinski definition) is 1. The zero-order valence-corrected chi connectivity index (χ0v) is 12.0. The van der Waals surface area contributed by atoms with Gasteiger partial charge >= 0.3 is 5.97 Å². The maximum Gasteiger partial charge on any atom is 0.337 e. The Morgan fingerprint density at radius 3 is 2.76 bits per heavy atom. The van der Waals surface area contributed by atoms with E-state index in [0.29, 0.717) is 5.92 Å². The number of carbonyl (C=O) groups is 1. The Morgan fingerprint density at radius 1 is 1.33 bits per heavy atom. The fourth-order valence-corrected chi connectivity index (χ4v) is 2.97. The van der Waals surface area contributed by atoms with E-state index in [1.54, 1.807) is 6.07 Å². The first-order chi connectivity index (χ1) is 10.1. The fraction of sp³-hybridized carbons (Fsp3) is 0.294. The van der Waals surface area contributed by atoms with E-state index in [4.69, 9.17) is 5.11 Å². The first kappa shape index (κ1) is 13.6. The molecule has 0 spiro atoms. The monoisotopic (exact) mass is 282 g/mol. The van der Waals surface area contributed by atoms with Gasteiger partial charge in [-0.3, -0.25) is 0 Å². The standard InChI is InChI=1S/C17H18N2O2/c1-12-9-15(17(20)21)10-18-16(12)19-8-7-14(11-19)13-5-3-2-4-6-13/h2-6,9-10,14H,7-8,11H2,1H3,(H,20,21). The molecule has 0 aliphatic carbocycles. The Balaban J connectivity index is 1.79. The van der Waals surface area contributed by atoms with Crippen molar-refractivity contribution in [2.24, 2.45) is 0 Å². The predicted octanol–water partition coefficient (Wildman–Crippen LogP) is 3.08. The lowest BCUT2D eigenvalue weighted by Crippen LogP contribution is -2.21. The second-order valence-corrected chi connectivity index (χ2v) is 5.51. The summed E-state index contributed by atoms with van der Waals surface area (Å²) in [6.07, 6.45) is 2.55. The molecule has 2 aromatic rings. The number of pyridine rings is 1. The van der Waals surface area contributed by atoms with Crippen LogP contribution in [0.2, 0.25) is 0 Å². The smallest absolute Gasteiger partial charge is 0.337 e. The molecule has 1 N–H and O–H groups in total. The number of carboxylic acids is 1. The average Bonchev–Trinajstić information content (AvgIpc) is 2.97. The Morgan fingerprint density at radius 2 is 2.10 bits per heavy atom. The second kappa shape index (κ2) is 5.56. The van der Waals surface area contributed by atoms with Gasteiger partial charge in [0, 0.05) is 25.2 Å². The SMILES string of the molecule is Cc1cc(C(=O)O)cnc1N1CCC(c2ccccc2)C1. The number of carboxylic acid groups (broad SMARTS) is 1. The van der Waals surface area contributed by atoms with Crippen LogP contribution in [-0.4, -0.2) is 29.1 Å². The van der Waals surface area contributed by atoms with Crippen LogP contribution in [0.15, 0.2) is 42.6 Å². The number of benzene rings is 1. The van der Waals surface area contributed by atoms with Gasteiger partial charge in [0.25, 0.3) is 0 Å². The van der Waals surface area contributed by atoms with Crippen molar-refractivity contribution in [1.82, 2.24) is 4.98 Å². The maximum absolute atomic E-state index is 11.0. The predicted molar refractivity (Wildman–Crippen MR) is 81.9 cm³/mol. The quantitative estimate of drug-likeness (QED) is 0.940. The van der Waals surface area contributed by atoms with Crippen molar-refractivity contribution in [3.05, 3.63) is 59.3 Å². The Hall–Kier alpha value is -2.36. The highest BCUT2D eigenvalue weighted by molar-refractivity contribution is 5.87. The van der Waals surface area contributed by atoms with Gasteiger partial charge in [0.1, 0.15) is 5.82 Å². The summed E-state index contributed by atoms with van der Waals surface area (Å²) in [5.41, 5.74) is 2.53. The summed E-state index contributed by atoms with van der Waals surface area (Å²) < 4.78 is 0. The molecule has 0 amide bonds. The van der Waals surface area contributed by atoms with Gasteiger partial charge in [0.2, 0.25) is 0 Å². The molecule has 1 aromatic carbocycles. The molecule has 1 aliphatic heterocycles. The van der Waals surface area contributed by atoms with Crippen molar-refractivity contribution in [3.8, 4) is 0 Å². The molecule has 0 bridgehead atoms. The van der Waals surface area contributed by atoms with Crippen LogP contribution in [-0.2, 0) is 0 Å². The van der Waals surface area contributed by atoms with E-state index < -0.39 is 5.97 Å². The second-order valence-electron chi connectivity index (χ2n) is 5.51. The first-order valence-corrected chi connectivity index (χ1v) is 7.15. The highest BCUT2D eigenvalue weighted by atomic mass is 16.4. The lowest BCUT2D eigenvalue weighted by Gasteiger charge is -2.20. The molecule has 3 rings (SSSR count). The van der Waals surface area contributed by atoms with Crippen molar-refractivity contribution >= 4 is 11.8 Å². The van der Waals surface area contributed by atoms with Crippen molar-refractivity contribution in [3.63, 3.8) is 0 Å². The van der Waals surface area contributed by atoms with Crippen LogP contribution in [0.3, 0.4) is 0 Å². The average molecular weight is 282 g/mol. The van der Waals surface area contributed by atoms with E-state index >= 15 is 0 Å². The number of hydrogen-bond acceptors (Lipinski definition) is 3. The zero-order valence-electron chi connectivity index (χ0n) is 12.0. The van der Waals surface area contributed by atoms with Crippen LogP contribution in [0.5, 0.6) is 0 Å². The summed E-state index contributed by atoms with van der Waals surface area (Å²) in [6.45, 7) is 3.81. The number of aryl methyl sites for hydroxylation is 1. The van der Waals surface area contributed by atoms with Gasteiger partial charge in [-0.25, -0.2) is 9.78 Å². The summed E-state index contributed by atoms with van der Waals surface area (Å²) in [6, 6.07) is 12.2. The van der Waals surface area contributed by atoms with Crippen molar-refractivity contribution in [2.45, 2.75) is 19.3 Å². The molecule has 1 saturated heterocycles. The van der Waals surface area contributed by atoms with Crippen LogP contribution >= 0.6 is 0 Å². The molecule has 0 radical (unpaired) electrons. The molecule has 4 nitrogen and oxygen atoms in total. The normalized spacial score (nSPS) is 18.0. The molecule has 108 valence electrons. The molecular weight excluding hydrogens is 264 g/mol. The lowest BCUT2D eigenvalue weighted by molar-refractivity contribution is 0.0696. The fourth-order valence-electron chi connectivity index (χ4n) is 2.97. The van der Waals surface area contributed by atoms with Crippen molar-refractivity contribution < 1.29 is 9.90 Å². The summed E-state index contributed by atoms with van der Waals surface area (Å²) in [5, 5.41) is 9.00. The third kappa shape index (κ3) is 2.75. The zero-order chi connectivity index (χ0) is 14.8. The van der Waals surface area contributed by atoms with Gasteiger partial charge in [0.05, 0.1) is 5.56 Å². The number of aromatic nitrogens is 1. The third-order valence-corrected chi connectivity index (χ3v) is 4.06. The summed E-state index contributed by atoms with van der Waals surface area (Å²) in [7, 11) is 0. The molecule has 1 unspecified atom stereocenters. The van der Waals surface area contributed by atoms with Gasteiger partial charge < -0.3 is 10.0 Å². The number of aromatic carboxylic acids is 1. The molecule has 1 atom stereocenters. The van der Waals surface area contributed by atoms with E-state index in [9.17, 15) is 4.79 Å². The minimum Gasteiger partial charge on any atom is -0.478 e. The molecule has 21 heavy (non-hydrogen) atoms. The highest BCUT2D eigenvalue weighted by Crippen LogP contribution is 2.31. The Kier molecular flexibility index (Phi) is 3.60. The van der Waals surface area contributed by atoms with Crippen LogP contribution in [0.1, 0.15) is 33.8 Å². The van der Waals surface area contributed by atoms with E-state index in [2.05, 4.69) is 34.1 Å². The van der Waals surface area contributed by atoms with Crippen LogP contribution in [0, 0.1) is 6.92 Å². The third-order valence-electron chi connectivity index (χ3n) is 4.06. The van der Waals surface area contributed by atoms with Crippen LogP contribution < -0.4 is 4.90 Å². The van der Waals surface area contributed by atoms with Crippen LogP contribution in [0.4, 0.5) is 5.82 Å². The van der Waals surface area contributed by atoms with Crippen molar-refractivity contribution in [2.75, 3.05) is 18.0 Å². The van der Waals surface area contributed by atoms with E-state index in [1.807, 2.05) is 13.0 Å². The van der Waals surface area contributed by atoms with Gasteiger partial charge in [-0.2, -0.15) is 0 Å². The molecule has 4 heteroatoms. The van der Waals surface area contributed by atoms with Gasteiger partial charge in [0.15, 0.2) is 0 Å². The van der Waals surface area contributed by atoms with E-state index in [-0.39, 0.29) is 5.56 Å². The summed E-state index contributed by atoms with van der Waals surface area (Å²) in [5.74, 6) is 0.491. The molecule has 1 fully saturated rings. The van der Waals surface area contributed by atoms with Crippen LogP contribution in [0.25, 0.3) is 0 Å². The summed E-state index contributed by atoms with van der Waals surface area (Å²) >= 11 is 0. The number of rotatable bonds is 3. The van der Waals surface area contributed by atoms with Gasteiger partial charge in [-0.05, 0) is 30.5 Å². The largest absolute Gasteiger partial charge is 0.478 e. The molecule has 2 heterocycles. The minimum atomic E-state index is -0.930. The minimum absolute atomic E-state index is 0.245. The Bertz CT molecular complexity index is 655. The maximum atomic E-state index is 11.0. The van der Waals surface area contributed by atoms with Gasteiger partial charge in [-0.15, -0.1) is 0 Å². The van der Waals surface area contributed by atoms with E-state index in [1.165, 1.54) is 11.8 Å². The molecular formula is C17H18N2O2. The van der Waals surface area contributed by atoms with E-state index in [0.717, 1.165) is 30.9 Å². The number of anilines is 1. The Labute approximate surface area is 124 Å². The number of nitrogens with zero attached hydrogens (tertiary/aromatic N) is 2. The lowest BCUT2D eigenvalue weighted by atomic mass is 9.99. The topological polar surface area (TPSA) is 53.4 Å². The highest BCUT2D eigenvalue weighted by Gasteiger charge is 2.25. The molecule has 1 aliphatic rings. The molecule has 1 aromatic heterocycles. The van der Waals surface area contributed by atoms with Crippen molar-refractivity contribution in [1.29, 1.82) is 0 Å². The summed E-state index contributed by atoms with van der Waals surface area (Å²) in [4.78, 5) is 17.6.